The number of aliphatic hydroxyl groups is 2. The molecule has 1 aromatic rings. The zero-order valence-corrected chi connectivity index (χ0v) is 14.9. The number of hydroxylamine groups is 1. The van der Waals surface area contributed by atoms with E-state index in [1.54, 1.807) is 10.4 Å². The van der Waals surface area contributed by atoms with Crippen molar-refractivity contribution in [3.05, 3.63) is 6.33 Å². The summed E-state index contributed by atoms with van der Waals surface area (Å²) < 4.78 is 5.91. The van der Waals surface area contributed by atoms with Crippen molar-refractivity contribution in [1.29, 1.82) is 0 Å². The highest BCUT2D eigenvalue weighted by molar-refractivity contribution is 5.80. The highest BCUT2D eigenvalue weighted by Gasteiger charge is 2.47. The summed E-state index contributed by atoms with van der Waals surface area (Å²) in [5.41, 5.74) is 7.98. The first-order valence-electron chi connectivity index (χ1n) is 8.66. The van der Waals surface area contributed by atoms with Gasteiger partial charge in [0.15, 0.2) is 17.9 Å². The van der Waals surface area contributed by atoms with Crippen LogP contribution in [0.1, 0.15) is 12.8 Å². The van der Waals surface area contributed by atoms with E-state index in [0.29, 0.717) is 43.5 Å². The third kappa shape index (κ3) is 4.04. The summed E-state index contributed by atoms with van der Waals surface area (Å²) >= 11 is 0. The van der Waals surface area contributed by atoms with Crippen LogP contribution in [0.5, 0.6) is 0 Å². The standard InChI is InChI=1S/C15H25N7O5/c1-21(4-2-3-9(23)20-26)5-8-11(24)12(25)15(27-8)22-7-19-10-13(16)17-6-18-14(10)22/h6,8,11-12,15,19,24-26H,2-5,7H2,1H3,(H,20,23)(H2,16,17,18)/t8?,11-,12?,15?/m1/s1. The largest absolute Gasteiger partial charge is 0.387 e. The number of carbonyl (C=O) groups excluding carboxylic acids is 1. The molecule has 150 valence electrons. The van der Waals surface area contributed by atoms with Crippen LogP contribution in [0.4, 0.5) is 17.3 Å². The summed E-state index contributed by atoms with van der Waals surface area (Å²) in [6, 6.07) is 0. The number of carbonyl (C=O) groups is 1. The van der Waals surface area contributed by atoms with Crippen molar-refractivity contribution in [2.24, 2.45) is 0 Å². The van der Waals surface area contributed by atoms with Crippen molar-refractivity contribution in [3.8, 4) is 0 Å². The Kier molecular flexibility index (Phi) is 5.92. The van der Waals surface area contributed by atoms with E-state index in [-0.39, 0.29) is 6.42 Å². The molecule has 27 heavy (non-hydrogen) atoms. The number of fused-ring (bicyclic) bond motifs is 1. The van der Waals surface area contributed by atoms with Crippen LogP contribution in [0.2, 0.25) is 0 Å². The minimum absolute atomic E-state index is 0.192. The van der Waals surface area contributed by atoms with Crippen molar-refractivity contribution in [3.63, 3.8) is 0 Å². The molecule has 3 rings (SSSR count). The van der Waals surface area contributed by atoms with Crippen molar-refractivity contribution in [2.45, 2.75) is 37.4 Å². The Bertz CT molecular complexity index is 678. The van der Waals surface area contributed by atoms with Gasteiger partial charge in [-0.1, -0.05) is 0 Å². The number of amides is 1. The first kappa shape index (κ1) is 19.5. The van der Waals surface area contributed by atoms with Crippen LogP contribution in [0, 0.1) is 0 Å². The highest BCUT2D eigenvalue weighted by atomic mass is 16.6. The molecule has 3 unspecified atom stereocenters. The maximum Gasteiger partial charge on any atom is 0.243 e. The molecule has 7 N–H and O–H groups in total. The molecule has 12 heteroatoms. The second kappa shape index (κ2) is 8.19. The number of nitrogens with one attached hydrogen (secondary N) is 2. The number of nitrogens with zero attached hydrogens (tertiary/aromatic N) is 4. The molecule has 2 aliphatic rings. The van der Waals surface area contributed by atoms with Gasteiger partial charge in [0.1, 0.15) is 30.3 Å². The normalized spacial score (nSPS) is 26.9. The zero-order valence-electron chi connectivity index (χ0n) is 14.9. The molecule has 0 radical (unpaired) electrons. The molecule has 0 aromatic carbocycles. The Morgan fingerprint density at radius 1 is 1.48 bits per heavy atom. The van der Waals surface area contributed by atoms with Crippen LogP contribution in [0.15, 0.2) is 6.33 Å². The molecule has 2 aliphatic heterocycles. The number of nitrogen functional groups attached to an aromatic ring is 1. The third-order valence-electron chi connectivity index (χ3n) is 4.76. The molecule has 1 fully saturated rings. The average molecular weight is 383 g/mol. The fourth-order valence-electron chi connectivity index (χ4n) is 3.33. The number of aromatic nitrogens is 2. The van der Waals surface area contributed by atoms with E-state index < -0.39 is 30.4 Å². The van der Waals surface area contributed by atoms with Crippen molar-refractivity contribution < 1.29 is 25.0 Å². The van der Waals surface area contributed by atoms with Crippen LogP contribution in [0.3, 0.4) is 0 Å². The summed E-state index contributed by atoms with van der Waals surface area (Å²) in [4.78, 5) is 22.7. The number of hydrogen-bond acceptors (Lipinski definition) is 11. The summed E-state index contributed by atoms with van der Waals surface area (Å²) in [5, 5.41) is 32.4. The van der Waals surface area contributed by atoms with E-state index in [4.69, 9.17) is 15.7 Å². The lowest BCUT2D eigenvalue weighted by Gasteiger charge is -2.27. The molecule has 0 saturated carbocycles. The molecule has 4 atom stereocenters. The molecule has 0 spiro atoms. The lowest BCUT2D eigenvalue weighted by atomic mass is 10.1. The minimum atomic E-state index is -1.12. The monoisotopic (exact) mass is 383 g/mol. The second-order valence-electron chi connectivity index (χ2n) is 6.71. The van der Waals surface area contributed by atoms with Crippen molar-refractivity contribution >= 4 is 23.2 Å². The van der Waals surface area contributed by atoms with Crippen LogP contribution < -0.4 is 21.4 Å². The molecule has 1 saturated heterocycles. The van der Waals surface area contributed by atoms with Gasteiger partial charge >= 0.3 is 0 Å². The fraction of sp³-hybridized carbons (Fsp3) is 0.667. The molecular formula is C15H25N7O5. The smallest absolute Gasteiger partial charge is 0.243 e. The summed E-state index contributed by atoms with van der Waals surface area (Å²) in [5.74, 6) is 0.374. The van der Waals surface area contributed by atoms with Gasteiger partial charge in [0.05, 0.1) is 6.67 Å². The van der Waals surface area contributed by atoms with Gasteiger partial charge in [-0.05, 0) is 20.0 Å². The van der Waals surface area contributed by atoms with E-state index in [1.807, 2.05) is 11.9 Å². The molecule has 1 aromatic heterocycles. The van der Waals surface area contributed by atoms with Gasteiger partial charge in [0.2, 0.25) is 5.91 Å². The van der Waals surface area contributed by atoms with E-state index in [1.165, 1.54) is 6.33 Å². The minimum Gasteiger partial charge on any atom is -0.387 e. The maximum atomic E-state index is 11.0. The Hall–Kier alpha value is -2.25. The molecule has 1 amide bonds. The number of likely N-dealkylation sites (N-methyl/N-ethyl adjacent to an activating group) is 1. The Morgan fingerprint density at radius 3 is 3.00 bits per heavy atom. The van der Waals surface area contributed by atoms with Gasteiger partial charge in [-0.25, -0.2) is 15.4 Å². The quantitative estimate of drug-likeness (QED) is 0.225. The summed E-state index contributed by atoms with van der Waals surface area (Å²) in [7, 11) is 1.83. The van der Waals surface area contributed by atoms with Gasteiger partial charge in [0, 0.05) is 13.0 Å². The van der Waals surface area contributed by atoms with Gasteiger partial charge in [0.25, 0.3) is 0 Å². The lowest BCUT2D eigenvalue weighted by Crippen LogP contribution is -2.44. The van der Waals surface area contributed by atoms with E-state index in [9.17, 15) is 15.0 Å². The van der Waals surface area contributed by atoms with E-state index in [0.717, 1.165) is 0 Å². The SMILES string of the molecule is CN(CCCC(=O)NO)CC1OC(N2CNc3c(N)ncnc32)C(O)[C@@H]1O. The molecule has 0 aliphatic carbocycles. The van der Waals surface area contributed by atoms with Crippen molar-refractivity contribution in [1.82, 2.24) is 20.3 Å². The first-order chi connectivity index (χ1) is 12.9. The molecule has 3 heterocycles. The topological polar surface area (TPSA) is 169 Å². The number of aliphatic hydroxyl groups excluding tert-OH is 2. The van der Waals surface area contributed by atoms with Gasteiger partial charge < -0.3 is 35.8 Å². The first-order valence-corrected chi connectivity index (χ1v) is 8.66. The maximum absolute atomic E-state index is 11.0. The van der Waals surface area contributed by atoms with Crippen molar-refractivity contribution in [2.75, 3.05) is 42.8 Å². The highest BCUT2D eigenvalue weighted by Crippen LogP contribution is 2.37. The number of anilines is 3. The van der Waals surface area contributed by atoms with E-state index >= 15 is 0 Å². The lowest BCUT2D eigenvalue weighted by molar-refractivity contribution is -0.129. The zero-order chi connectivity index (χ0) is 19.6. The Morgan fingerprint density at radius 2 is 2.26 bits per heavy atom. The average Bonchev–Trinajstić information content (AvgIpc) is 3.19. The van der Waals surface area contributed by atoms with Crippen LogP contribution >= 0.6 is 0 Å². The van der Waals surface area contributed by atoms with Crippen LogP contribution in [-0.2, 0) is 9.53 Å². The molecule has 0 bridgehead atoms. The second-order valence-corrected chi connectivity index (χ2v) is 6.71. The number of rotatable bonds is 7. The Balaban J connectivity index is 1.59. The van der Waals surface area contributed by atoms with Gasteiger partial charge in [-0.3, -0.25) is 10.0 Å². The summed E-state index contributed by atoms with van der Waals surface area (Å²) in [6.45, 7) is 1.26. The van der Waals surface area contributed by atoms with Gasteiger partial charge in [-0.2, -0.15) is 0 Å². The summed E-state index contributed by atoms with van der Waals surface area (Å²) in [6.07, 6.45) is -1.50. The number of hydrogen-bond donors (Lipinski definition) is 6. The Labute approximate surface area is 155 Å². The van der Waals surface area contributed by atoms with Gasteiger partial charge in [-0.15, -0.1) is 0 Å². The third-order valence-corrected chi connectivity index (χ3v) is 4.76. The van der Waals surface area contributed by atoms with Crippen LogP contribution in [-0.4, -0.2) is 87.5 Å². The number of ether oxygens (including phenoxy) is 1. The molecule has 12 nitrogen and oxygen atoms in total. The predicted molar refractivity (Wildman–Crippen MR) is 94.7 cm³/mol. The molecular weight excluding hydrogens is 358 g/mol. The predicted octanol–water partition coefficient (Wildman–Crippen LogP) is -2.09. The number of nitrogens with two attached hydrogens (primary N) is 1. The van der Waals surface area contributed by atoms with Crippen LogP contribution in [0.25, 0.3) is 0 Å². The van der Waals surface area contributed by atoms with E-state index in [2.05, 4.69) is 15.3 Å². The fourth-order valence-corrected chi connectivity index (χ4v) is 3.33.